The standard InChI is InChI=1S/C16H26N2O2/c19-14-9-13(10-14)15(11-5-7-17-8-6-11)18-16(20)12-3-1-2-4-12/h1-2,11-15,17,19H,3-10H2,(H,18,20). The van der Waals surface area contributed by atoms with E-state index in [2.05, 4.69) is 22.8 Å². The summed E-state index contributed by atoms with van der Waals surface area (Å²) in [5, 5.41) is 16.3. The van der Waals surface area contributed by atoms with E-state index >= 15 is 0 Å². The molecule has 4 nitrogen and oxygen atoms in total. The summed E-state index contributed by atoms with van der Waals surface area (Å²) < 4.78 is 0. The van der Waals surface area contributed by atoms with Gasteiger partial charge >= 0.3 is 0 Å². The number of aliphatic hydroxyl groups is 1. The number of carbonyl (C=O) groups excluding carboxylic acids is 1. The molecule has 2 aliphatic carbocycles. The van der Waals surface area contributed by atoms with Gasteiger partial charge in [-0.1, -0.05) is 12.2 Å². The van der Waals surface area contributed by atoms with Gasteiger partial charge in [0.2, 0.25) is 5.91 Å². The SMILES string of the molecule is O=C(NC(C1CCNCC1)C1CC(O)C1)C1CC=CC1. The predicted molar refractivity (Wildman–Crippen MR) is 78.1 cm³/mol. The van der Waals surface area contributed by atoms with Crippen LogP contribution in [0.3, 0.4) is 0 Å². The summed E-state index contributed by atoms with van der Waals surface area (Å²) in [6, 6.07) is 0.272. The fraction of sp³-hybridized carbons (Fsp3) is 0.812. The van der Waals surface area contributed by atoms with Gasteiger partial charge < -0.3 is 15.7 Å². The molecule has 1 aliphatic heterocycles. The number of allylic oxidation sites excluding steroid dienone is 2. The third-order valence-electron chi connectivity index (χ3n) is 5.24. The smallest absolute Gasteiger partial charge is 0.223 e. The van der Waals surface area contributed by atoms with E-state index in [-0.39, 0.29) is 24.0 Å². The van der Waals surface area contributed by atoms with Crippen LogP contribution < -0.4 is 10.6 Å². The first kappa shape index (κ1) is 14.1. The molecule has 3 N–H and O–H groups in total. The molecule has 1 unspecified atom stereocenters. The minimum Gasteiger partial charge on any atom is -0.393 e. The highest BCUT2D eigenvalue weighted by Crippen LogP contribution is 2.36. The molecule has 1 saturated heterocycles. The average Bonchev–Trinajstić information content (AvgIpc) is 2.97. The van der Waals surface area contributed by atoms with Gasteiger partial charge in [0, 0.05) is 12.0 Å². The largest absolute Gasteiger partial charge is 0.393 e. The lowest BCUT2D eigenvalue weighted by molar-refractivity contribution is -0.127. The van der Waals surface area contributed by atoms with Crippen LogP contribution in [0.1, 0.15) is 38.5 Å². The van der Waals surface area contributed by atoms with Crippen molar-refractivity contribution in [3.8, 4) is 0 Å². The first-order valence-electron chi connectivity index (χ1n) is 8.08. The van der Waals surface area contributed by atoms with Crippen LogP contribution in [0.2, 0.25) is 0 Å². The number of hydrogen-bond donors (Lipinski definition) is 3. The third kappa shape index (κ3) is 3.07. The van der Waals surface area contributed by atoms with Crippen LogP contribution in [0.15, 0.2) is 12.2 Å². The van der Waals surface area contributed by atoms with E-state index in [1.807, 2.05) is 0 Å². The number of amides is 1. The Morgan fingerprint density at radius 3 is 2.40 bits per heavy atom. The first-order valence-corrected chi connectivity index (χ1v) is 8.08. The molecular weight excluding hydrogens is 252 g/mol. The second-order valence-electron chi connectivity index (χ2n) is 6.65. The van der Waals surface area contributed by atoms with E-state index < -0.39 is 0 Å². The van der Waals surface area contributed by atoms with Gasteiger partial charge in [0.1, 0.15) is 0 Å². The molecule has 0 aromatic rings. The molecule has 0 bridgehead atoms. The molecule has 0 spiro atoms. The van der Waals surface area contributed by atoms with Crippen LogP contribution in [0, 0.1) is 17.8 Å². The molecule has 0 aromatic carbocycles. The van der Waals surface area contributed by atoms with Crippen LogP contribution >= 0.6 is 0 Å². The zero-order chi connectivity index (χ0) is 13.9. The zero-order valence-corrected chi connectivity index (χ0v) is 12.1. The summed E-state index contributed by atoms with van der Waals surface area (Å²) in [6.07, 6.45) is 9.84. The number of rotatable bonds is 4. The Bertz CT molecular complexity index is 363. The van der Waals surface area contributed by atoms with Crippen LogP contribution in [-0.4, -0.2) is 36.2 Å². The van der Waals surface area contributed by atoms with Crippen molar-refractivity contribution in [3.63, 3.8) is 0 Å². The number of hydrogen-bond acceptors (Lipinski definition) is 3. The lowest BCUT2D eigenvalue weighted by Crippen LogP contribution is -2.53. The van der Waals surface area contributed by atoms with E-state index in [1.165, 1.54) is 0 Å². The van der Waals surface area contributed by atoms with Gasteiger partial charge in [0.25, 0.3) is 0 Å². The van der Waals surface area contributed by atoms with E-state index in [4.69, 9.17) is 0 Å². The first-order chi connectivity index (χ1) is 9.74. The van der Waals surface area contributed by atoms with Crippen LogP contribution in [-0.2, 0) is 4.79 Å². The molecule has 0 aromatic heterocycles. The number of nitrogens with one attached hydrogen (secondary N) is 2. The molecule has 4 heteroatoms. The summed E-state index contributed by atoms with van der Waals surface area (Å²) in [4.78, 5) is 12.4. The van der Waals surface area contributed by atoms with Gasteiger partial charge in [-0.2, -0.15) is 0 Å². The summed E-state index contributed by atoms with van der Waals surface area (Å²) in [7, 11) is 0. The Hall–Kier alpha value is -0.870. The Morgan fingerprint density at radius 2 is 1.80 bits per heavy atom. The molecule has 1 heterocycles. The highest BCUT2D eigenvalue weighted by molar-refractivity contribution is 5.79. The van der Waals surface area contributed by atoms with E-state index in [0.29, 0.717) is 11.8 Å². The van der Waals surface area contributed by atoms with Gasteiger partial charge in [0.05, 0.1) is 6.10 Å². The maximum atomic E-state index is 12.4. The molecule has 112 valence electrons. The summed E-state index contributed by atoms with van der Waals surface area (Å²) in [5.41, 5.74) is 0. The topological polar surface area (TPSA) is 61.4 Å². The lowest BCUT2D eigenvalue weighted by Gasteiger charge is -2.43. The van der Waals surface area contributed by atoms with Crippen molar-refractivity contribution in [2.75, 3.05) is 13.1 Å². The molecular formula is C16H26N2O2. The Labute approximate surface area is 121 Å². The van der Waals surface area contributed by atoms with Gasteiger partial charge in [-0.15, -0.1) is 0 Å². The van der Waals surface area contributed by atoms with Crippen molar-refractivity contribution in [3.05, 3.63) is 12.2 Å². The van der Waals surface area contributed by atoms with Crippen LogP contribution in [0.25, 0.3) is 0 Å². The lowest BCUT2D eigenvalue weighted by atomic mass is 9.71. The number of carbonyl (C=O) groups is 1. The highest BCUT2D eigenvalue weighted by Gasteiger charge is 2.39. The molecule has 20 heavy (non-hydrogen) atoms. The van der Waals surface area contributed by atoms with Crippen LogP contribution in [0.4, 0.5) is 0 Å². The molecule has 3 rings (SSSR count). The van der Waals surface area contributed by atoms with Crippen molar-refractivity contribution in [1.82, 2.24) is 10.6 Å². The highest BCUT2D eigenvalue weighted by atomic mass is 16.3. The van der Waals surface area contributed by atoms with Crippen molar-refractivity contribution in [2.24, 2.45) is 17.8 Å². The molecule has 1 atom stereocenters. The molecule has 1 amide bonds. The average molecular weight is 278 g/mol. The minimum absolute atomic E-state index is 0.143. The van der Waals surface area contributed by atoms with Gasteiger partial charge in [-0.3, -0.25) is 4.79 Å². The van der Waals surface area contributed by atoms with Crippen molar-refractivity contribution >= 4 is 5.91 Å². The van der Waals surface area contributed by atoms with E-state index in [0.717, 1.165) is 51.6 Å². The fourth-order valence-electron chi connectivity index (χ4n) is 3.86. The Morgan fingerprint density at radius 1 is 1.15 bits per heavy atom. The second-order valence-corrected chi connectivity index (χ2v) is 6.65. The van der Waals surface area contributed by atoms with Crippen LogP contribution in [0.5, 0.6) is 0 Å². The monoisotopic (exact) mass is 278 g/mol. The predicted octanol–water partition coefficient (Wildman–Crippen LogP) is 1.21. The van der Waals surface area contributed by atoms with E-state index in [1.54, 1.807) is 0 Å². The zero-order valence-electron chi connectivity index (χ0n) is 12.1. The maximum absolute atomic E-state index is 12.4. The molecule has 2 fully saturated rings. The number of piperidine rings is 1. The van der Waals surface area contributed by atoms with Crippen molar-refractivity contribution in [1.29, 1.82) is 0 Å². The second kappa shape index (κ2) is 6.27. The van der Waals surface area contributed by atoms with Crippen molar-refractivity contribution in [2.45, 2.75) is 50.7 Å². The summed E-state index contributed by atoms with van der Waals surface area (Å²) >= 11 is 0. The van der Waals surface area contributed by atoms with Gasteiger partial charge in [-0.25, -0.2) is 0 Å². The maximum Gasteiger partial charge on any atom is 0.223 e. The van der Waals surface area contributed by atoms with Crippen molar-refractivity contribution < 1.29 is 9.90 Å². The van der Waals surface area contributed by atoms with E-state index in [9.17, 15) is 9.90 Å². The molecule has 0 radical (unpaired) electrons. The number of aliphatic hydroxyl groups excluding tert-OH is 1. The third-order valence-corrected chi connectivity index (χ3v) is 5.24. The normalized spacial score (nSPS) is 32.9. The summed E-state index contributed by atoms with van der Waals surface area (Å²) in [5.74, 6) is 1.42. The Kier molecular flexibility index (Phi) is 4.41. The quantitative estimate of drug-likeness (QED) is 0.677. The molecule has 3 aliphatic rings. The van der Waals surface area contributed by atoms with Gasteiger partial charge in [0.15, 0.2) is 0 Å². The Balaban J connectivity index is 1.60. The minimum atomic E-state index is -0.144. The summed E-state index contributed by atoms with van der Waals surface area (Å²) in [6.45, 7) is 2.11. The van der Waals surface area contributed by atoms with Gasteiger partial charge in [-0.05, 0) is 63.5 Å². The molecule has 1 saturated carbocycles. The fourth-order valence-corrected chi connectivity index (χ4v) is 3.86.